The fraction of sp³-hybridized carbons (Fsp3) is 0.714. The summed E-state index contributed by atoms with van der Waals surface area (Å²) in [5.41, 5.74) is 4.99. The highest BCUT2D eigenvalue weighted by molar-refractivity contribution is 5.74. The monoisotopic (exact) mass is 174 g/mol. The van der Waals surface area contributed by atoms with Gasteiger partial charge in [0.25, 0.3) is 0 Å². The average Bonchev–Trinajstić information content (AvgIpc) is 2.02. The van der Waals surface area contributed by atoms with Gasteiger partial charge in [0, 0.05) is 13.1 Å². The van der Waals surface area contributed by atoms with Crippen molar-refractivity contribution in [2.75, 3.05) is 14.2 Å². The zero-order valence-electron chi connectivity index (χ0n) is 7.53. The van der Waals surface area contributed by atoms with Crippen molar-refractivity contribution in [3.63, 3.8) is 0 Å². The summed E-state index contributed by atoms with van der Waals surface area (Å²) in [7, 11) is 2.84. The topological polar surface area (TPSA) is 72.6 Å². The van der Waals surface area contributed by atoms with E-state index in [2.05, 4.69) is 4.74 Å². The molecule has 0 bridgehead atoms. The maximum absolute atomic E-state index is 10.7. The number of rotatable bonds is 3. The van der Waals surface area contributed by atoms with E-state index in [1.165, 1.54) is 19.1 Å². The molecule has 0 aromatic carbocycles. The van der Waals surface area contributed by atoms with Crippen LogP contribution in [0.3, 0.4) is 0 Å². The number of methoxy groups -OCH3 is 1. The SMILES string of the molecule is COC(=O)CC(C)N(C)C(N)=O. The average molecular weight is 174 g/mol. The molecule has 0 rings (SSSR count). The Hall–Kier alpha value is -1.26. The van der Waals surface area contributed by atoms with E-state index in [1.54, 1.807) is 6.92 Å². The third kappa shape index (κ3) is 3.23. The number of amides is 2. The highest BCUT2D eigenvalue weighted by Crippen LogP contribution is 2.01. The lowest BCUT2D eigenvalue weighted by atomic mass is 10.2. The van der Waals surface area contributed by atoms with Crippen LogP contribution in [0.4, 0.5) is 4.79 Å². The molecule has 0 heterocycles. The number of nitrogens with zero attached hydrogens (tertiary/aromatic N) is 1. The highest BCUT2D eigenvalue weighted by atomic mass is 16.5. The molecule has 2 N–H and O–H groups in total. The van der Waals surface area contributed by atoms with Crippen molar-refractivity contribution in [1.29, 1.82) is 0 Å². The molecule has 0 aromatic heterocycles. The molecule has 0 aliphatic rings. The van der Waals surface area contributed by atoms with Gasteiger partial charge in [0.15, 0.2) is 0 Å². The fourth-order valence-electron chi connectivity index (χ4n) is 0.679. The molecule has 1 atom stereocenters. The molecule has 0 spiro atoms. The largest absolute Gasteiger partial charge is 0.469 e. The lowest BCUT2D eigenvalue weighted by molar-refractivity contribution is -0.141. The predicted molar refractivity (Wildman–Crippen MR) is 43.4 cm³/mol. The number of nitrogens with two attached hydrogens (primary N) is 1. The lowest BCUT2D eigenvalue weighted by Crippen LogP contribution is -2.40. The molecule has 0 saturated heterocycles. The summed E-state index contributed by atoms with van der Waals surface area (Å²) in [6, 6.07) is -0.777. The standard InChI is InChI=1S/C7H14N2O3/c1-5(4-6(10)12-3)9(2)7(8)11/h5H,4H2,1-3H3,(H2,8,11). The third-order valence-electron chi connectivity index (χ3n) is 1.70. The van der Waals surface area contributed by atoms with Gasteiger partial charge in [-0.15, -0.1) is 0 Å². The Balaban J connectivity index is 3.94. The lowest BCUT2D eigenvalue weighted by Gasteiger charge is -2.21. The molecule has 5 nitrogen and oxygen atoms in total. The van der Waals surface area contributed by atoms with E-state index in [1.807, 2.05) is 0 Å². The second kappa shape index (κ2) is 4.58. The van der Waals surface area contributed by atoms with Crippen LogP contribution in [0.2, 0.25) is 0 Å². The first kappa shape index (κ1) is 10.7. The van der Waals surface area contributed by atoms with Gasteiger partial charge in [-0.25, -0.2) is 4.79 Å². The van der Waals surface area contributed by atoms with E-state index in [4.69, 9.17) is 5.73 Å². The van der Waals surface area contributed by atoms with Crippen LogP contribution in [-0.2, 0) is 9.53 Å². The van der Waals surface area contributed by atoms with Crippen molar-refractivity contribution in [2.45, 2.75) is 19.4 Å². The summed E-state index contributed by atoms with van der Waals surface area (Å²) in [6.45, 7) is 1.72. The van der Waals surface area contributed by atoms with E-state index in [0.29, 0.717) is 0 Å². The number of primary amides is 1. The van der Waals surface area contributed by atoms with Gasteiger partial charge in [-0.2, -0.15) is 0 Å². The highest BCUT2D eigenvalue weighted by Gasteiger charge is 2.16. The molecule has 0 saturated carbocycles. The molecule has 0 radical (unpaired) electrons. The smallest absolute Gasteiger partial charge is 0.314 e. The first-order valence-corrected chi connectivity index (χ1v) is 3.58. The summed E-state index contributed by atoms with van der Waals surface area (Å²) in [5.74, 6) is -0.351. The zero-order valence-corrected chi connectivity index (χ0v) is 7.53. The van der Waals surface area contributed by atoms with Crippen molar-refractivity contribution in [1.82, 2.24) is 4.90 Å². The van der Waals surface area contributed by atoms with E-state index >= 15 is 0 Å². The van der Waals surface area contributed by atoms with Crippen molar-refractivity contribution < 1.29 is 14.3 Å². The van der Waals surface area contributed by atoms with Gasteiger partial charge >= 0.3 is 12.0 Å². The molecule has 1 unspecified atom stereocenters. The molecule has 0 fully saturated rings. The number of esters is 1. The van der Waals surface area contributed by atoms with Gasteiger partial charge in [-0.1, -0.05) is 0 Å². The number of ether oxygens (including phenoxy) is 1. The minimum atomic E-state index is -0.550. The first-order valence-electron chi connectivity index (χ1n) is 3.58. The first-order chi connectivity index (χ1) is 5.49. The van der Waals surface area contributed by atoms with Gasteiger partial charge in [0.05, 0.1) is 13.5 Å². The Morgan fingerprint density at radius 3 is 2.42 bits per heavy atom. The second-order valence-electron chi connectivity index (χ2n) is 2.58. The number of carbonyl (C=O) groups excluding carboxylic acids is 2. The van der Waals surface area contributed by atoms with E-state index in [9.17, 15) is 9.59 Å². The summed E-state index contributed by atoms with van der Waals surface area (Å²) >= 11 is 0. The number of urea groups is 1. The molecule has 5 heteroatoms. The minimum Gasteiger partial charge on any atom is -0.469 e. The second-order valence-corrected chi connectivity index (χ2v) is 2.58. The van der Waals surface area contributed by atoms with Crippen LogP contribution in [0, 0.1) is 0 Å². The fourth-order valence-corrected chi connectivity index (χ4v) is 0.679. The van der Waals surface area contributed by atoms with Crippen LogP contribution in [0.1, 0.15) is 13.3 Å². The maximum Gasteiger partial charge on any atom is 0.314 e. The Bertz CT molecular complexity index is 181. The van der Waals surface area contributed by atoms with E-state index < -0.39 is 6.03 Å². The molecular weight excluding hydrogens is 160 g/mol. The summed E-state index contributed by atoms with van der Waals surface area (Å²) < 4.78 is 4.43. The third-order valence-corrected chi connectivity index (χ3v) is 1.70. The summed E-state index contributed by atoms with van der Waals surface area (Å²) in [6.07, 6.45) is 0.163. The van der Waals surface area contributed by atoms with Crippen LogP contribution in [-0.4, -0.2) is 37.1 Å². The van der Waals surface area contributed by atoms with Crippen molar-refractivity contribution in [3.8, 4) is 0 Å². The van der Waals surface area contributed by atoms with Gasteiger partial charge in [-0.3, -0.25) is 4.79 Å². The van der Waals surface area contributed by atoms with Crippen LogP contribution >= 0.6 is 0 Å². The quantitative estimate of drug-likeness (QED) is 0.609. The molecule has 0 aromatic rings. The van der Waals surface area contributed by atoms with Crippen molar-refractivity contribution >= 4 is 12.0 Å². The summed E-state index contributed by atoms with van der Waals surface area (Å²) in [4.78, 5) is 22.6. The Labute approximate surface area is 71.5 Å². The summed E-state index contributed by atoms with van der Waals surface area (Å²) in [5, 5.41) is 0. The van der Waals surface area contributed by atoms with Crippen LogP contribution < -0.4 is 5.73 Å². The van der Waals surface area contributed by atoms with Crippen molar-refractivity contribution in [3.05, 3.63) is 0 Å². The number of hydrogen-bond donors (Lipinski definition) is 1. The minimum absolute atomic E-state index is 0.163. The Morgan fingerprint density at radius 1 is 1.58 bits per heavy atom. The van der Waals surface area contributed by atoms with Gasteiger partial charge < -0.3 is 15.4 Å². The zero-order chi connectivity index (χ0) is 9.72. The van der Waals surface area contributed by atoms with Crippen LogP contribution in [0.5, 0.6) is 0 Å². The molecule has 0 aliphatic heterocycles. The Morgan fingerprint density at radius 2 is 2.08 bits per heavy atom. The Kier molecular flexibility index (Phi) is 4.10. The van der Waals surface area contributed by atoms with Gasteiger partial charge in [0.1, 0.15) is 0 Å². The van der Waals surface area contributed by atoms with Gasteiger partial charge in [0.2, 0.25) is 0 Å². The maximum atomic E-state index is 10.7. The van der Waals surface area contributed by atoms with E-state index in [-0.39, 0.29) is 18.4 Å². The molecule has 0 aliphatic carbocycles. The molecule has 70 valence electrons. The normalized spacial score (nSPS) is 11.9. The van der Waals surface area contributed by atoms with Gasteiger partial charge in [-0.05, 0) is 6.92 Å². The predicted octanol–water partition coefficient (Wildman–Crippen LogP) is -0.0515. The van der Waals surface area contributed by atoms with E-state index in [0.717, 1.165) is 0 Å². The molecular formula is C7H14N2O3. The number of carbonyl (C=O) groups is 2. The van der Waals surface area contributed by atoms with Crippen molar-refractivity contribution in [2.24, 2.45) is 5.73 Å². The van der Waals surface area contributed by atoms with Crippen LogP contribution in [0.15, 0.2) is 0 Å². The molecule has 12 heavy (non-hydrogen) atoms. The van der Waals surface area contributed by atoms with Crippen LogP contribution in [0.25, 0.3) is 0 Å². The molecule has 2 amide bonds. The number of hydrogen-bond acceptors (Lipinski definition) is 3.